The van der Waals surface area contributed by atoms with E-state index in [0.717, 1.165) is 0 Å². The van der Waals surface area contributed by atoms with Crippen LogP contribution in [0.4, 0.5) is 43.7 Å². The van der Waals surface area contributed by atoms with Gasteiger partial charge in [-0.2, -0.15) is 0 Å². The second-order valence-electron chi connectivity index (χ2n) is 7.12. The number of para-hydroxylation sites is 4. The topological polar surface area (TPSA) is 107 Å². The van der Waals surface area contributed by atoms with Gasteiger partial charge in [0.25, 0.3) is 0 Å². The van der Waals surface area contributed by atoms with Gasteiger partial charge in [0, 0.05) is 11.4 Å². The van der Waals surface area contributed by atoms with Gasteiger partial charge in [-0.15, -0.1) is 10.2 Å². The maximum Gasteiger partial charge on any atom is 0.323 e. The van der Waals surface area contributed by atoms with Gasteiger partial charge < -0.3 is 21.3 Å². The molecule has 0 aliphatic heterocycles. The maximum atomic E-state index is 12.4. The van der Waals surface area contributed by atoms with Gasteiger partial charge in [-0.05, 0) is 48.5 Å². The fourth-order valence-corrected chi connectivity index (χ4v) is 3.05. The number of carbonyl (C=O) groups excluding carboxylic acids is 2. The molecular formula is C26H22N6O2. The Kier molecular flexibility index (Phi) is 7.22. The summed E-state index contributed by atoms with van der Waals surface area (Å²) in [7, 11) is 0. The number of amides is 4. The van der Waals surface area contributed by atoms with Gasteiger partial charge in [0.1, 0.15) is 11.4 Å². The van der Waals surface area contributed by atoms with E-state index in [1.54, 1.807) is 72.8 Å². The first kappa shape index (κ1) is 22.2. The first-order valence-electron chi connectivity index (χ1n) is 10.5. The molecule has 0 aliphatic carbocycles. The highest BCUT2D eigenvalue weighted by Gasteiger charge is 2.09. The molecule has 0 aliphatic rings. The van der Waals surface area contributed by atoms with Crippen molar-refractivity contribution in [3.63, 3.8) is 0 Å². The van der Waals surface area contributed by atoms with E-state index in [1.807, 2.05) is 36.4 Å². The van der Waals surface area contributed by atoms with Crippen LogP contribution in [0.5, 0.6) is 0 Å². The average Bonchev–Trinajstić information content (AvgIpc) is 2.85. The number of azo groups is 1. The number of anilines is 4. The number of nitrogens with zero attached hydrogens (tertiary/aromatic N) is 2. The van der Waals surface area contributed by atoms with Crippen molar-refractivity contribution < 1.29 is 9.59 Å². The van der Waals surface area contributed by atoms with E-state index in [9.17, 15) is 9.59 Å². The minimum Gasteiger partial charge on any atom is -0.308 e. The van der Waals surface area contributed by atoms with Crippen LogP contribution < -0.4 is 21.3 Å². The number of benzene rings is 4. The third-order valence-electron chi connectivity index (χ3n) is 4.63. The molecule has 0 fully saturated rings. The smallest absolute Gasteiger partial charge is 0.308 e. The van der Waals surface area contributed by atoms with E-state index >= 15 is 0 Å². The minimum absolute atomic E-state index is 0.395. The van der Waals surface area contributed by atoms with Crippen molar-refractivity contribution in [2.24, 2.45) is 10.2 Å². The Labute approximate surface area is 196 Å². The van der Waals surface area contributed by atoms with Crippen molar-refractivity contribution in [2.75, 3.05) is 21.3 Å². The summed E-state index contributed by atoms with van der Waals surface area (Å²) >= 11 is 0. The molecule has 0 radical (unpaired) electrons. The van der Waals surface area contributed by atoms with Gasteiger partial charge in [-0.25, -0.2) is 9.59 Å². The first-order valence-corrected chi connectivity index (χ1v) is 10.5. The van der Waals surface area contributed by atoms with Crippen LogP contribution in [0.25, 0.3) is 0 Å². The average molecular weight is 451 g/mol. The molecule has 4 aromatic carbocycles. The fourth-order valence-electron chi connectivity index (χ4n) is 3.05. The number of rotatable bonds is 6. The Balaban J connectivity index is 1.46. The van der Waals surface area contributed by atoms with Gasteiger partial charge >= 0.3 is 12.1 Å². The van der Waals surface area contributed by atoms with Crippen LogP contribution in [0.2, 0.25) is 0 Å². The van der Waals surface area contributed by atoms with E-state index in [0.29, 0.717) is 34.1 Å². The normalized spacial score (nSPS) is 10.5. The van der Waals surface area contributed by atoms with Gasteiger partial charge in [0.2, 0.25) is 0 Å². The zero-order valence-electron chi connectivity index (χ0n) is 18.1. The summed E-state index contributed by atoms with van der Waals surface area (Å²) in [5, 5.41) is 19.7. The molecule has 8 nitrogen and oxygen atoms in total. The molecule has 0 bridgehead atoms. The largest absolute Gasteiger partial charge is 0.323 e. The number of hydrogen-bond acceptors (Lipinski definition) is 4. The number of carbonyl (C=O) groups is 2. The molecule has 168 valence electrons. The zero-order valence-corrected chi connectivity index (χ0v) is 18.1. The number of nitrogens with one attached hydrogen (secondary N) is 4. The van der Waals surface area contributed by atoms with E-state index < -0.39 is 12.1 Å². The Hall–Kier alpha value is -4.98. The molecule has 0 atom stereocenters. The molecule has 0 unspecified atom stereocenters. The summed E-state index contributed by atoms with van der Waals surface area (Å²) in [6.07, 6.45) is 0. The molecule has 4 aromatic rings. The highest BCUT2D eigenvalue weighted by atomic mass is 16.2. The molecule has 34 heavy (non-hydrogen) atoms. The molecule has 0 aromatic heterocycles. The van der Waals surface area contributed by atoms with Crippen molar-refractivity contribution in [3.05, 3.63) is 109 Å². The third-order valence-corrected chi connectivity index (χ3v) is 4.63. The van der Waals surface area contributed by atoms with Crippen LogP contribution in [-0.2, 0) is 0 Å². The molecule has 8 heteroatoms. The predicted molar refractivity (Wildman–Crippen MR) is 135 cm³/mol. The van der Waals surface area contributed by atoms with Crippen LogP contribution >= 0.6 is 0 Å². The third kappa shape index (κ3) is 6.27. The fraction of sp³-hybridized carbons (Fsp3) is 0. The van der Waals surface area contributed by atoms with E-state index in [1.165, 1.54) is 0 Å². The van der Waals surface area contributed by atoms with Crippen molar-refractivity contribution >= 4 is 46.2 Å². The van der Waals surface area contributed by atoms with E-state index in [2.05, 4.69) is 31.5 Å². The van der Waals surface area contributed by atoms with Gasteiger partial charge in [0.15, 0.2) is 0 Å². The molecule has 0 saturated carbocycles. The highest BCUT2D eigenvalue weighted by molar-refractivity contribution is 6.02. The zero-order chi connectivity index (χ0) is 23.6. The number of hydrogen-bond donors (Lipinski definition) is 4. The van der Waals surface area contributed by atoms with Crippen LogP contribution in [0.15, 0.2) is 119 Å². The molecule has 4 rings (SSSR count). The van der Waals surface area contributed by atoms with Crippen molar-refractivity contribution in [3.8, 4) is 0 Å². The first-order chi connectivity index (χ1) is 16.7. The van der Waals surface area contributed by atoms with Crippen LogP contribution in [0.1, 0.15) is 0 Å². The molecule has 4 N–H and O–H groups in total. The predicted octanol–water partition coefficient (Wildman–Crippen LogP) is 7.39. The summed E-state index contributed by atoms with van der Waals surface area (Å²) in [6, 6.07) is 31.6. The summed E-state index contributed by atoms with van der Waals surface area (Å²) in [6.45, 7) is 0. The molecule has 0 spiro atoms. The molecule has 0 saturated heterocycles. The summed E-state index contributed by atoms with van der Waals surface area (Å²) < 4.78 is 0. The van der Waals surface area contributed by atoms with Gasteiger partial charge in [-0.1, -0.05) is 60.7 Å². The Bertz CT molecular complexity index is 1190. The lowest BCUT2D eigenvalue weighted by Gasteiger charge is -2.10. The molecular weight excluding hydrogens is 428 g/mol. The van der Waals surface area contributed by atoms with Crippen molar-refractivity contribution in [1.82, 2.24) is 0 Å². The monoisotopic (exact) mass is 450 g/mol. The quantitative estimate of drug-likeness (QED) is 0.230. The maximum absolute atomic E-state index is 12.4. The van der Waals surface area contributed by atoms with Gasteiger partial charge in [-0.3, -0.25) is 0 Å². The lowest BCUT2D eigenvalue weighted by atomic mass is 10.2. The Morgan fingerprint density at radius 3 is 1.21 bits per heavy atom. The standard InChI is InChI=1S/C26H22N6O2/c33-25(27-19-11-3-1-4-12-19)29-21-15-7-9-17-23(21)31-32-24-18-10-8-16-22(24)30-26(34)28-20-13-5-2-6-14-20/h1-18H,(H2,27,29,33)(H2,28,30,34). The lowest BCUT2D eigenvalue weighted by Crippen LogP contribution is -2.19. The summed E-state index contributed by atoms with van der Waals surface area (Å²) in [5.41, 5.74) is 3.27. The molecule has 0 heterocycles. The van der Waals surface area contributed by atoms with Crippen molar-refractivity contribution in [2.45, 2.75) is 0 Å². The van der Waals surface area contributed by atoms with Crippen LogP contribution in [0, 0.1) is 0 Å². The van der Waals surface area contributed by atoms with Gasteiger partial charge in [0.05, 0.1) is 11.4 Å². The SMILES string of the molecule is O=C(Nc1ccccc1)Nc1ccccc1N=Nc1ccccc1NC(=O)Nc1ccccc1. The van der Waals surface area contributed by atoms with Crippen molar-refractivity contribution in [1.29, 1.82) is 0 Å². The Morgan fingerprint density at radius 1 is 0.441 bits per heavy atom. The molecule has 4 amide bonds. The highest BCUT2D eigenvalue weighted by Crippen LogP contribution is 2.30. The van der Waals surface area contributed by atoms with Crippen LogP contribution in [0.3, 0.4) is 0 Å². The lowest BCUT2D eigenvalue weighted by molar-refractivity contribution is 0.261. The number of urea groups is 2. The summed E-state index contributed by atoms with van der Waals surface area (Å²) in [5.74, 6) is 0. The van der Waals surface area contributed by atoms with Crippen LogP contribution in [-0.4, -0.2) is 12.1 Å². The minimum atomic E-state index is -0.395. The second kappa shape index (κ2) is 11.1. The Morgan fingerprint density at radius 2 is 0.794 bits per heavy atom. The summed E-state index contributed by atoms with van der Waals surface area (Å²) in [4.78, 5) is 24.8. The van der Waals surface area contributed by atoms with E-state index in [4.69, 9.17) is 0 Å². The second-order valence-corrected chi connectivity index (χ2v) is 7.12. The van der Waals surface area contributed by atoms with E-state index in [-0.39, 0.29) is 0 Å².